The SMILES string of the molecule is NC(=O)CN(S)C(N)=S. The average Bonchev–Trinajstić information content (AvgIpc) is 1.63. The molecule has 0 aliphatic heterocycles. The molecule has 4 nitrogen and oxygen atoms in total. The van der Waals surface area contributed by atoms with Crippen molar-refractivity contribution in [2.24, 2.45) is 11.5 Å². The van der Waals surface area contributed by atoms with Gasteiger partial charge in [0.1, 0.15) is 6.54 Å². The van der Waals surface area contributed by atoms with Crippen molar-refractivity contribution in [2.75, 3.05) is 6.54 Å². The number of carbonyl (C=O) groups is 1. The topological polar surface area (TPSA) is 72.4 Å². The van der Waals surface area contributed by atoms with Gasteiger partial charge in [0.05, 0.1) is 0 Å². The van der Waals surface area contributed by atoms with E-state index < -0.39 is 5.91 Å². The monoisotopic (exact) mass is 165 g/mol. The molecule has 9 heavy (non-hydrogen) atoms. The molecule has 0 aliphatic carbocycles. The van der Waals surface area contributed by atoms with Crippen LogP contribution in [0, 0.1) is 0 Å². The number of thiol groups is 1. The molecule has 1 amide bonds. The second-order valence-corrected chi connectivity index (χ2v) is 2.26. The Balaban J connectivity index is 3.63. The predicted octanol–water partition coefficient (Wildman–Crippen LogP) is -1.14. The van der Waals surface area contributed by atoms with Gasteiger partial charge in [-0.25, -0.2) is 0 Å². The lowest BCUT2D eigenvalue weighted by molar-refractivity contribution is -0.117. The average molecular weight is 165 g/mol. The summed E-state index contributed by atoms with van der Waals surface area (Å²) < 4.78 is 1.09. The first-order valence-electron chi connectivity index (χ1n) is 2.08. The third-order valence-electron chi connectivity index (χ3n) is 0.560. The van der Waals surface area contributed by atoms with Crippen molar-refractivity contribution >= 4 is 36.1 Å². The van der Waals surface area contributed by atoms with Crippen molar-refractivity contribution in [1.29, 1.82) is 0 Å². The first kappa shape index (κ1) is 8.51. The van der Waals surface area contributed by atoms with Gasteiger partial charge in [-0.15, -0.1) is 0 Å². The standard InChI is InChI=1S/C3H7N3OS2/c4-2(7)1-6(9)3(5)8/h9H,1H2,(H2,4,7)(H2,5,8). The van der Waals surface area contributed by atoms with E-state index in [9.17, 15) is 4.79 Å². The lowest BCUT2D eigenvalue weighted by Crippen LogP contribution is -2.34. The van der Waals surface area contributed by atoms with Crippen LogP contribution in [0.15, 0.2) is 0 Å². The maximum absolute atomic E-state index is 10.1. The molecule has 0 rings (SSSR count). The number of primary amides is 1. The van der Waals surface area contributed by atoms with Gasteiger partial charge in [-0.2, -0.15) is 0 Å². The molecule has 0 aromatic carbocycles. The molecule has 0 aromatic rings. The summed E-state index contributed by atoms with van der Waals surface area (Å²) in [5, 5.41) is 0.0390. The van der Waals surface area contributed by atoms with Gasteiger partial charge >= 0.3 is 0 Å². The maximum Gasteiger partial charge on any atom is 0.238 e. The van der Waals surface area contributed by atoms with E-state index in [1.807, 2.05) is 0 Å². The maximum atomic E-state index is 10.1. The van der Waals surface area contributed by atoms with Crippen molar-refractivity contribution in [1.82, 2.24) is 4.31 Å². The van der Waals surface area contributed by atoms with Gasteiger partial charge in [-0.05, 0) is 12.2 Å². The van der Waals surface area contributed by atoms with Crippen LogP contribution in [0.1, 0.15) is 0 Å². The lowest BCUT2D eigenvalue weighted by Gasteiger charge is -2.11. The first-order valence-corrected chi connectivity index (χ1v) is 2.89. The van der Waals surface area contributed by atoms with Crippen LogP contribution in [0.5, 0.6) is 0 Å². The summed E-state index contributed by atoms with van der Waals surface area (Å²) >= 11 is 8.19. The third kappa shape index (κ3) is 4.04. The van der Waals surface area contributed by atoms with Crippen molar-refractivity contribution in [2.45, 2.75) is 0 Å². The van der Waals surface area contributed by atoms with Gasteiger partial charge in [0.15, 0.2) is 5.11 Å². The van der Waals surface area contributed by atoms with Gasteiger partial charge in [-0.3, -0.25) is 9.10 Å². The largest absolute Gasteiger partial charge is 0.375 e. The number of hydrogen-bond acceptors (Lipinski definition) is 3. The van der Waals surface area contributed by atoms with Crippen molar-refractivity contribution in [3.05, 3.63) is 0 Å². The second kappa shape index (κ2) is 3.52. The van der Waals surface area contributed by atoms with Gasteiger partial charge in [-0.1, -0.05) is 12.8 Å². The highest BCUT2D eigenvalue weighted by atomic mass is 32.1. The zero-order valence-electron chi connectivity index (χ0n) is 4.57. The van der Waals surface area contributed by atoms with Crippen LogP contribution in [0.4, 0.5) is 0 Å². The van der Waals surface area contributed by atoms with Gasteiger partial charge in [0.2, 0.25) is 5.91 Å². The summed E-state index contributed by atoms with van der Waals surface area (Å²) in [6.07, 6.45) is 0. The molecule has 0 unspecified atom stereocenters. The van der Waals surface area contributed by atoms with Crippen LogP contribution in [-0.4, -0.2) is 21.9 Å². The summed E-state index contributed by atoms with van der Waals surface area (Å²) in [6, 6.07) is 0. The van der Waals surface area contributed by atoms with Crippen LogP contribution in [-0.2, 0) is 4.79 Å². The Hall–Kier alpha value is -0.490. The summed E-state index contributed by atoms with van der Waals surface area (Å²) in [5.74, 6) is -0.516. The number of thiocarbonyl (C=S) groups is 1. The highest BCUT2D eigenvalue weighted by molar-refractivity contribution is 7.84. The van der Waals surface area contributed by atoms with Crippen LogP contribution < -0.4 is 11.5 Å². The van der Waals surface area contributed by atoms with Crippen molar-refractivity contribution < 1.29 is 4.79 Å². The second-order valence-electron chi connectivity index (χ2n) is 1.36. The number of nitrogens with two attached hydrogens (primary N) is 2. The molecule has 0 aliphatic rings. The molecule has 0 atom stereocenters. The zero-order valence-corrected chi connectivity index (χ0v) is 6.28. The normalized spacial score (nSPS) is 8.56. The summed E-state index contributed by atoms with van der Waals surface area (Å²) in [5.41, 5.74) is 9.84. The van der Waals surface area contributed by atoms with E-state index >= 15 is 0 Å². The van der Waals surface area contributed by atoms with Gasteiger partial charge in [0.25, 0.3) is 0 Å². The minimum atomic E-state index is -0.516. The molecule has 0 saturated carbocycles. The first-order chi connectivity index (χ1) is 4.04. The smallest absolute Gasteiger partial charge is 0.238 e. The summed E-state index contributed by atoms with van der Waals surface area (Å²) in [6.45, 7) is -0.0571. The van der Waals surface area contributed by atoms with E-state index in [2.05, 4.69) is 25.0 Å². The fourth-order valence-electron chi connectivity index (χ4n) is 0.226. The van der Waals surface area contributed by atoms with E-state index in [0.29, 0.717) is 0 Å². The highest BCUT2D eigenvalue weighted by Gasteiger charge is 2.02. The number of hydrogen-bond donors (Lipinski definition) is 3. The van der Waals surface area contributed by atoms with Crippen LogP contribution in [0.25, 0.3) is 0 Å². The van der Waals surface area contributed by atoms with Crippen LogP contribution >= 0.6 is 25.0 Å². The van der Waals surface area contributed by atoms with E-state index in [-0.39, 0.29) is 11.7 Å². The van der Waals surface area contributed by atoms with Crippen molar-refractivity contribution in [3.8, 4) is 0 Å². The van der Waals surface area contributed by atoms with E-state index in [1.54, 1.807) is 0 Å². The molecule has 0 heterocycles. The number of amides is 1. The minimum absolute atomic E-state index is 0.0390. The Morgan fingerprint density at radius 3 is 2.22 bits per heavy atom. The quantitative estimate of drug-likeness (QED) is 0.357. The molecule has 0 spiro atoms. The molecule has 0 radical (unpaired) electrons. The molecular weight excluding hydrogens is 158 g/mol. The Morgan fingerprint density at radius 2 is 2.11 bits per heavy atom. The minimum Gasteiger partial charge on any atom is -0.375 e. The summed E-state index contributed by atoms with van der Waals surface area (Å²) in [4.78, 5) is 10.1. The van der Waals surface area contributed by atoms with Gasteiger partial charge in [0, 0.05) is 0 Å². The van der Waals surface area contributed by atoms with E-state index in [1.165, 1.54) is 0 Å². The molecule has 0 bridgehead atoms. The van der Waals surface area contributed by atoms with Crippen LogP contribution in [0.2, 0.25) is 0 Å². The number of nitrogens with zero attached hydrogens (tertiary/aromatic N) is 1. The molecule has 0 saturated heterocycles. The molecule has 6 heteroatoms. The Kier molecular flexibility index (Phi) is 3.33. The van der Waals surface area contributed by atoms with Crippen molar-refractivity contribution in [3.63, 3.8) is 0 Å². The third-order valence-corrected chi connectivity index (χ3v) is 1.27. The molecule has 52 valence electrons. The fraction of sp³-hybridized carbons (Fsp3) is 0.333. The Morgan fingerprint density at radius 1 is 1.67 bits per heavy atom. The molecule has 4 N–H and O–H groups in total. The van der Waals surface area contributed by atoms with Crippen LogP contribution in [0.3, 0.4) is 0 Å². The van der Waals surface area contributed by atoms with Gasteiger partial charge < -0.3 is 11.5 Å². The predicted molar refractivity (Wildman–Crippen MR) is 41.7 cm³/mol. The molecule has 0 aromatic heterocycles. The number of rotatable bonds is 2. The fourth-order valence-corrected chi connectivity index (χ4v) is 0.429. The zero-order chi connectivity index (χ0) is 7.44. The van der Waals surface area contributed by atoms with E-state index in [4.69, 9.17) is 11.5 Å². The Labute approximate surface area is 63.7 Å². The number of carbonyl (C=O) groups excluding carboxylic acids is 1. The van der Waals surface area contributed by atoms with E-state index in [0.717, 1.165) is 4.31 Å². The molecule has 0 fully saturated rings. The Bertz CT molecular complexity index is 137. The lowest BCUT2D eigenvalue weighted by atomic mass is 10.6. The highest BCUT2D eigenvalue weighted by Crippen LogP contribution is 1.89. The summed E-state index contributed by atoms with van der Waals surface area (Å²) in [7, 11) is 0. The molecular formula is C3H7N3OS2.